The van der Waals surface area contributed by atoms with E-state index < -0.39 is 6.09 Å². The van der Waals surface area contributed by atoms with Gasteiger partial charge in [0.25, 0.3) is 11.8 Å². The van der Waals surface area contributed by atoms with Crippen molar-refractivity contribution in [2.75, 3.05) is 76.5 Å². The van der Waals surface area contributed by atoms with Crippen molar-refractivity contribution in [1.29, 1.82) is 0 Å². The van der Waals surface area contributed by atoms with Crippen LogP contribution in [0.15, 0.2) is 60.7 Å². The lowest BCUT2D eigenvalue weighted by atomic mass is 10.1. The van der Waals surface area contributed by atoms with Crippen LogP contribution in [-0.4, -0.2) is 98.8 Å². The number of methoxy groups -OCH3 is 1. The minimum absolute atomic E-state index is 0.0284. The zero-order chi connectivity index (χ0) is 31.9. The van der Waals surface area contributed by atoms with Crippen molar-refractivity contribution >= 4 is 51.0 Å². The number of likely N-dealkylation sites (tertiary alicyclic amines) is 1. The average molecular weight is 647 g/mol. The minimum Gasteiger partial charge on any atom is -0.445 e. The first-order chi connectivity index (χ1) is 22.5. The first-order valence-electron chi connectivity index (χ1n) is 15.5. The van der Waals surface area contributed by atoms with Crippen molar-refractivity contribution in [3.63, 3.8) is 0 Å². The summed E-state index contributed by atoms with van der Waals surface area (Å²) in [5.41, 5.74) is 2.83. The lowest BCUT2D eigenvalue weighted by Crippen LogP contribution is -2.36. The second-order valence-corrected chi connectivity index (χ2v) is 12.3. The lowest BCUT2D eigenvalue weighted by molar-refractivity contribution is 0.0929. The maximum Gasteiger partial charge on any atom is 0.435 e. The maximum absolute atomic E-state index is 13.7. The van der Waals surface area contributed by atoms with Crippen LogP contribution in [0.25, 0.3) is 10.2 Å². The maximum atomic E-state index is 13.7. The number of nitrogens with zero attached hydrogens (tertiary/aromatic N) is 4. The van der Waals surface area contributed by atoms with Crippen LogP contribution in [0.3, 0.4) is 0 Å². The first-order valence-corrected chi connectivity index (χ1v) is 16.3. The molecule has 2 aromatic carbocycles. The van der Waals surface area contributed by atoms with Gasteiger partial charge in [0.1, 0.15) is 6.61 Å². The van der Waals surface area contributed by atoms with Crippen molar-refractivity contribution in [2.24, 2.45) is 0 Å². The van der Waals surface area contributed by atoms with Gasteiger partial charge in [-0.25, -0.2) is 4.79 Å². The lowest BCUT2D eigenvalue weighted by Gasteiger charge is -2.28. The second kappa shape index (κ2) is 14.9. The number of hydrogen-bond acceptors (Lipinski definition) is 10. The van der Waals surface area contributed by atoms with Gasteiger partial charge in [0.05, 0.1) is 41.0 Å². The van der Waals surface area contributed by atoms with E-state index in [1.54, 1.807) is 18.2 Å². The number of carbonyl (C=O) groups is 3. The molecule has 0 bridgehead atoms. The Bertz CT molecular complexity index is 1640. The second-order valence-electron chi connectivity index (χ2n) is 11.2. The third-order valence-electron chi connectivity index (χ3n) is 8.15. The van der Waals surface area contributed by atoms with Gasteiger partial charge >= 0.3 is 6.09 Å². The number of carbonyl (C=O) groups excluding carboxylic acids is 3. The molecule has 13 heteroatoms. The molecule has 0 aliphatic carbocycles. The van der Waals surface area contributed by atoms with E-state index in [-0.39, 0.29) is 36.9 Å². The molecule has 0 saturated carbocycles. The van der Waals surface area contributed by atoms with Crippen LogP contribution in [0.5, 0.6) is 0 Å². The normalized spacial score (nSPS) is 16.0. The highest BCUT2D eigenvalue weighted by atomic mass is 32.1. The van der Waals surface area contributed by atoms with Gasteiger partial charge in [-0.2, -0.15) is 4.68 Å². The molecule has 2 amide bonds. The molecule has 12 nitrogen and oxygen atoms in total. The summed E-state index contributed by atoms with van der Waals surface area (Å²) in [6, 6.07) is 18.6. The topological polar surface area (TPSA) is 127 Å². The van der Waals surface area contributed by atoms with Crippen molar-refractivity contribution in [2.45, 2.75) is 18.9 Å². The molecule has 0 radical (unpaired) electrons. The SMILES string of the molecule is COCCOC(=O)n1nc(NC(=O)c2ccc(N3CCOCC3)cc2)c2sc(C(=O)N[C@H](CN3CCCC3)c3ccccc3)cc21. The Morgan fingerprint density at radius 2 is 1.70 bits per heavy atom. The summed E-state index contributed by atoms with van der Waals surface area (Å²) in [6.45, 7) is 5.87. The zero-order valence-corrected chi connectivity index (χ0v) is 26.6. The highest BCUT2D eigenvalue weighted by molar-refractivity contribution is 7.21. The number of ether oxygens (including phenoxy) is 3. The number of nitrogens with one attached hydrogen (secondary N) is 2. The fourth-order valence-corrected chi connectivity index (χ4v) is 6.69. The Kier molecular flexibility index (Phi) is 10.2. The van der Waals surface area contributed by atoms with Crippen LogP contribution in [0, 0.1) is 0 Å². The zero-order valence-electron chi connectivity index (χ0n) is 25.8. The van der Waals surface area contributed by atoms with E-state index >= 15 is 0 Å². The molecule has 1 atom stereocenters. The highest BCUT2D eigenvalue weighted by Gasteiger charge is 2.26. The van der Waals surface area contributed by atoms with Gasteiger partial charge in [-0.05, 0) is 61.8 Å². The predicted molar refractivity (Wildman–Crippen MR) is 176 cm³/mol. The number of thiophene rings is 1. The van der Waals surface area contributed by atoms with Crippen LogP contribution in [0.4, 0.5) is 16.3 Å². The molecular formula is C33H38N6O6S. The summed E-state index contributed by atoms with van der Waals surface area (Å²) in [5, 5.41) is 10.4. The van der Waals surface area contributed by atoms with Crippen molar-refractivity contribution in [3.8, 4) is 0 Å². The number of rotatable bonds is 11. The standard InChI is InChI=1S/C33H38N6O6S/c1-43-19-20-45-33(42)39-27-21-28(32(41)34-26(22-37-13-5-6-14-37)23-7-3-2-4-8-23)46-29(27)30(36-39)35-31(40)24-9-11-25(12-10-24)38-15-17-44-18-16-38/h2-4,7-12,21,26H,5-6,13-20,22H2,1H3,(H,34,41)(H,35,36,40)/t26-/m1/s1. The molecule has 4 heterocycles. The van der Waals surface area contributed by atoms with Crippen LogP contribution in [-0.2, 0) is 14.2 Å². The molecule has 0 unspecified atom stereocenters. The van der Waals surface area contributed by atoms with E-state index in [0.717, 1.165) is 66.3 Å². The molecule has 2 N–H and O–H groups in total. The Morgan fingerprint density at radius 1 is 0.957 bits per heavy atom. The van der Waals surface area contributed by atoms with Crippen LogP contribution < -0.4 is 15.5 Å². The Morgan fingerprint density at radius 3 is 2.41 bits per heavy atom. The molecule has 242 valence electrons. The number of anilines is 2. The Balaban J connectivity index is 1.24. The molecule has 6 rings (SSSR count). The summed E-state index contributed by atoms with van der Waals surface area (Å²) in [6.07, 6.45) is 1.56. The quantitative estimate of drug-likeness (QED) is 0.228. The van der Waals surface area contributed by atoms with Gasteiger partial charge < -0.3 is 34.6 Å². The fraction of sp³-hybridized carbons (Fsp3) is 0.394. The summed E-state index contributed by atoms with van der Waals surface area (Å²) in [7, 11) is 1.51. The summed E-state index contributed by atoms with van der Waals surface area (Å²) in [5.74, 6) is -0.492. The molecule has 2 saturated heterocycles. The van der Waals surface area contributed by atoms with E-state index in [2.05, 4.69) is 25.5 Å². The molecule has 2 aliphatic heterocycles. The molecule has 0 spiro atoms. The monoisotopic (exact) mass is 646 g/mol. The molecular weight excluding hydrogens is 608 g/mol. The van der Waals surface area contributed by atoms with Gasteiger partial charge in [0.2, 0.25) is 0 Å². The van der Waals surface area contributed by atoms with Crippen molar-refractivity contribution in [3.05, 3.63) is 76.7 Å². The summed E-state index contributed by atoms with van der Waals surface area (Å²) in [4.78, 5) is 45.0. The molecule has 46 heavy (non-hydrogen) atoms. The number of morpholine rings is 1. The fourth-order valence-electron chi connectivity index (χ4n) is 5.71. The minimum atomic E-state index is -0.738. The highest BCUT2D eigenvalue weighted by Crippen LogP contribution is 2.33. The van der Waals surface area contributed by atoms with E-state index in [1.807, 2.05) is 42.5 Å². The number of amides is 2. The summed E-state index contributed by atoms with van der Waals surface area (Å²) >= 11 is 1.16. The van der Waals surface area contributed by atoms with Gasteiger partial charge in [0, 0.05) is 38.0 Å². The van der Waals surface area contributed by atoms with E-state index in [4.69, 9.17) is 14.2 Å². The molecule has 2 fully saturated rings. The molecule has 2 aliphatic rings. The van der Waals surface area contributed by atoms with Crippen molar-refractivity contribution < 1.29 is 28.6 Å². The van der Waals surface area contributed by atoms with Crippen LogP contribution in [0.1, 0.15) is 44.5 Å². The van der Waals surface area contributed by atoms with Crippen molar-refractivity contribution in [1.82, 2.24) is 20.0 Å². The summed E-state index contributed by atoms with van der Waals surface area (Å²) < 4.78 is 17.3. The third-order valence-corrected chi connectivity index (χ3v) is 9.28. The van der Waals surface area contributed by atoms with Crippen LogP contribution in [0.2, 0.25) is 0 Å². The Hall–Kier alpha value is -4.30. The third kappa shape index (κ3) is 7.39. The van der Waals surface area contributed by atoms with Gasteiger partial charge in [-0.15, -0.1) is 16.4 Å². The van der Waals surface area contributed by atoms with Gasteiger partial charge in [-0.1, -0.05) is 30.3 Å². The van der Waals surface area contributed by atoms with E-state index in [9.17, 15) is 14.4 Å². The number of fused-ring (bicyclic) bond motifs is 1. The Labute approximate surface area is 271 Å². The molecule has 4 aromatic rings. The number of hydrogen-bond donors (Lipinski definition) is 2. The van der Waals surface area contributed by atoms with Gasteiger partial charge in [0.15, 0.2) is 5.82 Å². The number of benzene rings is 2. The van der Waals surface area contributed by atoms with E-state index in [1.165, 1.54) is 7.11 Å². The predicted octanol–water partition coefficient (Wildman–Crippen LogP) is 4.38. The smallest absolute Gasteiger partial charge is 0.435 e. The van der Waals surface area contributed by atoms with Crippen LogP contribution >= 0.6 is 11.3 Å². The van der Waals surface area contributed by atoms with Gasteiger partial charge in [-0.3, -0.25) is 9.59 Å². The first kappa shape index (κ1) is 31.7. The largest absolute Gasteiger partial charge is 0.445 e. The van der Waals surface area contributed by atoms with E-state index in [0.29, 0.717) is 40.4 Å². The molecule has 2 aromatic heterocycles. The average Bonchev–Trinajstić information content (AvgIpc) is 3.84. The number of aromatic nitrogens is 2.